The zero-order valence-electron chi connectivity index (χ0n) is 21.9. The van der Waals surface area contributed by atoms with E-state index in [1.54, 1.807) is 30.3 Å². The number of methoxy groups -OCH3 is 2. The summed E-state index contributed by atoms with van der Waals surface area (Å²) in [5.74, 6) is 2.08. The largest absolute Gasteiger partial charge is 0.504 e. The zero-order valence-corrected chi connectivity index (χ0v) is 22.7. The summed E-state index contributed by atoms with van der Waals surface area (Å²) >= 11 is 1.50. The molecule has 0 saturated carbocycles. The quantitative estimate of drug-likeness (QED) is 0.298. The molecular weight excluding hydrogens is 532 g/mol. The van der Waals surface area contributed by atoms with Gasteiger partial charge in [0.05, 0.1) is 32.4 Å². The normalized spacial score (nSPS) is 17.0. The van der Waals surface area contributed by atoms with Crippen LogP contribution in [-0.2, 0) is 11.3 Å². The van der Waals surface area contributed by atoms with Gasteiger partial charge in [0.15, 0.2) is 45.4 Å². The van der Waals surface area contributed by atoms with Crippen LogP contribution < -0.4 is 24.3 Å². The molecule has 2 aliphatic rings. The lowest BCUT2D eigenvalue weighted by Gasteiger charge is -2.24. The summed E-state index contributed by atoms with van der Waals surface area (Å²) in [5.41, 5.74) is 3.29. The molecule has 0 fully saturated rings. The van der Waals surface area contributed by atoms with Crippen molar-refractivity contribution in [1.29, 1.82) is 0 Å². The number of carbonyl (C=O) groups is 1. The van der Waals surface area contributed by atoms with Gasteiger partial charge in [-0.05, 0) is 65.2 Å². The van der Waals surface area contributed by atoms with Crippen molar-refractivity contribution in [2.24, 2.45) is 4.99 Å². The molecule has 0 spiro atoms. The van der Waals surface area contributed by atoms with Crippen molar-refractivity contribution in [2.45, 2.75) is 18.2 Å². The molecule has 0 aromatic heterocycles. The fourth-order valence-electron chi connectivity index (χ4n) is 4.20. The number of phenolic OH excluding ortho intramolecular Hbond substituents is 2. The second kappa shape index (κ2) is 12.1. The molecule has 0 amide bonds. The van der Waals surface area contributed by atoms with Gasteiger partial charge in [-0.25, -0.2) is 0 Å². The summed E-state index contributed by atoms with van der Waals surface area (Å²) in [7, 11) is 2.97. The van der Waals surface area contributed by atoms with Crippen LogP contribution >= 0.6 is 11.8 Å². The smallest absolute Gasteiger partial charge is 0.231 e. The number of rotatable bonds is 9. The van der Waals surface area contributed by atoms with Gasteiger partial charge in [0, 0.05) is 5.70 Å². The van der Waals surface area contributed by atoms with Gasteiger partial charge in [-0.3, -0.25) is 9.79 Å². The molecule has 3 N–H and O–H groups in total. The van der Waals surface area contributed by atoms with E-state index in [2.05, 4.69) is 5.32 Å². The van der Waals surface area contributed by atoms with Crippen LogP contribution in [0.3, 0.4) is 0 Å². The highest BCUT2D eigenvalue weighted by atomic mass is 32.2. The predicted molar refractivity (Wildman–Crippen MR) is 153 cm³/mol. The first-order valence-corrected chi connectivity index (χ1v) is 13.3. The number of aliphatic imine (C=N–C) groups is 1. The number of hydrogen-bond donors (Lipinski definition) is 3. The number of amidine groups is 1. The number of nitrogens with zero attached hydrogens (tertiary/aromatic N) is 1. The first kappa shape index (κ1) is 27.0. The van der Waals surface area contributed by atoms with E-state index in [9.17, 15) is 15.0 Å². The number of nitrogens with one attached hydrogen (secondary N) is 1. The van der Waals surface area contributed by atoms with E-state index in [-0.39, 0.29) is 35.7 Å². The maximum absolute atomic E-state index is 12.9. The first-order valence-electron chi connectivity index (χ1n) is 12.4. The Balaban J connectivity index is 1.36. The Labute approximate surface area is 235 Å². The number of thioether (sulfide) groups is 1. The number of benzene rings is 3. The number of phenols is 2. The molecule has 0 bridgehead atoms. The number of aromatic hydroxyl groups is 2. The van der Waals surface area contributed by atoms with Crippen LogP contribution in [0.25, 0.3) is 6.08 Å². The Morgan fingerprint density at radius 2 is 1.77 bits per heavy atom. The minimum atomic E-state index is -0.167. The standard InChI is InChI=1S/C30H28N2O7S/c1-36-26-11-18(4-8-23(26)34)3-7-22(33)14-21-15-29(20-6-9-24(35)27(13-20)37-2)40-30(32-21)31-16-19-5-10-25-28(12-19)39-17-38-25/h3-13,15,29,34-35H,14,16-17H2,1-2H3,(H,31,32)/b7-3+. The molecule has 10 heteroatoms. The molecular formula is C30H28N2O7S. The summed E-state index contributed by atoms with van der Waals surface area (Å²) in [5, 5.41) is 23.7. The lowest BCUT2D eigenvalue weighted by Crippen LogP contribution is -2.26. The summed E-state index contributed by atoms with van der Waals surface area (Å²) < 4.78 is 21.3. The van der Waals surface area contributed by atoms with Crippen molar-refractivity contribution in [3.8, 4) is 34.5 Å². The molecule has 1 unspecified atom stereocenters. The Bertz CT molecular complexity index is 1520. The van der Waals surface area contributed by atoms with Gasteiger partial charge >= 0.3 is 0 Å². The summed E-state index contributed by atoms with van der Waals surface area (Å²) in [4.78, 5) is 17.7. The number of ketones is 1. The monoisotopic (exact) mass is 560 g/mol. The van der Waals surface area contributed by atoms with Gasteiger partial charge in [-0.15, -0.1) is 0 Å². The van der Waals surface area contributed by atoms with Gasteiger partial charge in [-0.1, -0.05) is 36.0 Å². The maximum Gasteiger partial charge on any atom is 0.231 e. The number of ether oxygens (including phenoxy) is 4. The Morgan fingerprint density at radius 1 is 1.02 bits per heavy atom. The lowest BCUT2D eigenvalue weighted by molar-refractivity contribution is -0.114. The Kier molecular flexibility index (Phi) is 8.16. The number of fused-ring (bicyclic) bond motifs is 1. The van der Waals surface area contributed by atoms with E-state index < -0.39 is 0 Å². The van der Waals surface area contributed by atoms with Crippen LogP contribution in [-0.4, -0.2) is 42.2 Å². The molecule has 0 saturated heterocycles. The van der Waals surface area contributed by atoms with E-state index in [0.717, 1.165) is 16.7 Å². The summed E-state index contributed by atoms with van der Waals surface area (Å²) in [6.07, 6.45) is 5.28. The highest BCUT2D eigenvalue weighted by molar-refractivity contribution is 8.14. The van der Waals surface area contributed by atoms with Crippen molar-refractivity contribution in [3.63, 3.8) is 0 Å². The van der Waals surface area contributed by atoms with Gasteiger partial charge in [0.25, 0.3) is 0 Å². The van der Waals surface area contributed by atoms with Crippen molar-refractivity contribution >= 4 is 28.8 Å². The van der Waals surface area contributed by atoms with Gasteiger partial charge in [0.2, 0.25) is 6.79 Å². The van der Waals surface area contributed by atoms with Crippen LogP contribution in [0.4, 0.5) is 0 Å². The van der Waals surface area contributed by atoms with Crippen molar-refractivity contribution in [3.05, 3.63) is 89.1 Å². The average molecular weight is 561 g/mol. The molecule has 3 aromatic rings. The van der Waals surface area contributed by atoms with Crippen LogP contribution in [0, 0.1) is 0 Å². The van der Waals surface area contributed by atoms with E-state index in [4.69, 9.17) is 23.9 Å². The molecule has 5 rings (SSSR count). The van der Waals surface area contributed by atoms with E-state index in [1.807, 2.05) is 30.3 Å². The third-order valence-electron chi connectivity index (χ3n) is 6.26. The van der Waals surface area contributed by atoms with E-state index in [0.29, 0.717) is 40.4 Å². The number of carbonyl (C=O) groups excluding carboxylic acids is 1. The Morgan fingerprint density at radius 3 is 2.58 bits per heavy atom. The maximum atomic E-state index is 12.9. The van der Waals surface area contributed by atoms with Crippen LogP contribution in [0.5, 0.6) is 34.5 Å². The van der Waals surface area contributed by atoms with Crippen LogP contribution in [0.1, 0.15) is 28.4 Å². The topological polar surface area (TPSA) is 119 Å². The predicted octanol–water partition coefficient (Wildman–Crippen LogP) is 5.33. The SMILES string of the molecule is COc1cc(/C=C/C(=O)CC2=CC(c3ccc(O)c(OC)c3)SC(=NCc3ccc4c(c3)OCO4)N2)ccc1O. The molecule has 9 nitrogen and oxygen atoms in total. The van der Waals surface area contributed by atoms with Gasteiger partial charge in [0.1, 0.15) is 0 Å². The fourth-order valence-corrected chi connectivity index (χ4v) is 5.28. The molecule has 2 heterocycles. The summed E-state index contributed by atoms with van der Waals surface area (Å²) in [6.45, 7) is 0.612. The highest BCUT2D eigenvalue weighted by Gasteiger charge is 2.23. The van der Waals surface area contributed by atoms with Crippen molar-refractivity contribution in [1.82, 2.24) is 5.32 Å². The van der Waals surface area contributed by atoms with E-state index in [1.165, 1.54) is 38.1 Å². The molecule has 0 radical (unpaired) electrons. The number of hydrogen-bond acceptors (Lipinski definition) is 9. The second-order valence-electron chi connectivity index (χ2n) is 9.00. The third-order valence-corrected chi connectivity index (χ3v) is 7.38. The third kappa shape index (κ3) is 6.35. The van der Waals surface area contributed by atoms with Crippen LogP contribution in [0.2, 0.25) is 0 Å². The van der Waals surface area contributed by atoms with Crippen molar-refractivity contribution in [2.75, 3.05) is 21.0 Å². The molecule has 40 heavy (non-hydrogen) atoms. The number of allylic oxidation sites excluding steroid dienone is 2. The van der Waals surface area contributed by atoms with Gasteiger partial charge in [-0.2, -0.15) is 0 Å². The van der Waals surface area contributed by atoms with Gasteiger partial charge < -0.3 is 34.5 Å². The zero-order chi connectivity index (χ0) is 28.1. The second-order valence-corrected chi connectivity index (χ2v) is 10.1. The molecule has 0 aliphatic carbocycles. The minimum Gasteiger partial charge on any atom is -0.504 e. The molecule has 1 atom stereocenters. The molecule has 3 aromatic carbocycles. The average Bonchev–Trinajstić information content (AvgIpc) is 3.44. The lowest BCUT2D eigenvalue weighted by atomic mass is 10.1. The Hall–Kier alpha value is -4.57. The summed E-state index contributed by atoms with van der Waals surface area (Å²) in [6, 6.07) is 15.8. The minimum absolute atomic E-state index is 0.0319. The molecule has 206 valence electrons. The fraction of sp³-hybridized carbons (Fsp3) is 0.200. The van der Waals surface area contributed by atoms with Crippen LogP contribution in [0.15, 0.2) is 77.4 Å². The first-order chi connectivity index (χ1) is 19.4. The van der Waals surface area contributed by atoms with E-state index >= 15 is 0 Å². The molecule has 2 aliphatic heterocycles. The highest BCUT2D eigenvalue weighted by Crippen LogP contribution is 2.39. The van der Waals surface area contributed by atoms with Crippen molar-refractivity contribution < 1.29 is 34.0 Å².